The minimum Gasteiger partial charge on any atom is -0.454 e. The molecule has 0 spiro atoms. The van der Waals surface area contributed by atoms with Crippen LogP contribution >= 0.6 is 35.1 Å². The number of hydrogen-bond donors (Lipinski definition) is 3. The molecule has 3 aromatic carbocycles. The van der Waals surface area contributed by atoms with Gasteiger partial charge in [0, 0.05) is 29.3 Å². The summed E-state index contributed by atoms with van der Waals surface area (Å²) in [4.78, 5) is 16.2. The van der Waals surface area contributed by atoms with Crippen LogP contribution in [0, 0.1) is 11.6 Å². The molecular formula is C25H17Cl2F2N5O2S. The molecule has 0 saturated carbocycles. The molecule has 7 nitrogen and oxygen atoms in total. The van der Waals surface area contributed by atoms with E-state index in [2.05, 4.69) is 14.8 Å². The Kier molecular flexibility index (Phi) is 6.72. The molecule has 4 N–H and O–H groups in total. The number of nitrogens with one attached hydrogen (secondary N) is 2. The zero-order valence-corrected chi connectivity index (χ0v) is 21.3. The van der Waals surface area contributed by atoms with Gasteiger partial charge in [-0.15, -0.1) is 0 Å². The number of fused-ring (bicyclic) bond motifs is 1. The smallest absolute Gasteiger partial charge is 0.214 e. The highest BCUT2D eigenvalue weighted by atomic mass is 35.5. The van der Waals surface area contributed by atoms with E-state index in [0.29, 0.717) is 16.6 Å². The molecule has 0 aliphatic carbocycles. The van der Waals surface area contributed by atoms with E-state index in [-0.39, 0.29) is 44.3 Å². The largest absolute Gasteiger partial charge is 0.454 e. The summed E-state index contributed by atoms with van der Waals surface area (Å²) in [5.74, 6) is -1.25. The van der Waals surface area contributed by atoms with E-state index in [1.165, 1.54) is 59.2 Å². The number of carbonyl (C=O) groups is 1. The Morgan fingerprint density at radius 1 is 1.11 bits per heavy atom. The number of para-hydroxylation sites is 1. The van der Waals surface area contributed by atoms with Crippen molar-refractivity contribution in [2.45, 2.75) is 0 Å². The fourth-order valence-corrected chi connectivity index (χ4v) is 4.78. The van der Waals surface area contributed by atoms with Crippen LogP contribution in [0.3, 0.4) is 0 Å². The lowest BCUT2D eigenvalue weighted by Crippen LogP contribution is -2.08. The molecule has 0 atom stereocenters. The number of anilines is 2. The highest BCUT2D eigenvalue weighted by Crippen LogP contribution is 2.37. The van der Waals surface area contributed by atoms with Crippen LogP contribution in [0.5, 0.6) is 11.5 Å². The van der Waals surface area contributed by atoms with Crippen molar-refractivity contribution >= 4 is 63.3 Å². The van der Waals surface area contributed by atoms with Gasteiger partial charge >= 0.3 is 0 Å². The first-order valence-electron chi connectivity index (χ1n) is 10.7. The van der Waals surface area contributed by atoms with E-state index in [1.54, 1.807) is 24.5 Å². The second-order valence-electron chi connectivity index (χ2n) is 7.86. The van der Waals surface area contributed by atoms with Crippen molar-refractivity contribution in [1.29, 1.82) is 0 Å². The zero-order valence-electron chi connectivity index (χ0n) is 19.0. The normalized spacial score (nSPS) is 11.2. The SMILES string of the molecule is CSNc1cc2[nH]c(C(=O)c3cnn(-c4c(Cl)cc(Oc5ccccc5F)cc4Cl)c3N)cc2cc1F. The average Bonchev–Trinajstić information content (AvgIpc) is 3.43. The molecule has 5 aromatic rings. The van der Waals surface area contributed by atoms with E-state index < -0.39 is 17.4 Å². The first-order chi connectivity index (χ1) is 17.8. The third-order valence-electron chi connectivity index (χ3n) is 5.48. The van der Waals surface area contributed by atoms with Crippen LogP contribution in [0.1, 0.15) is 16.1 Å². The van der Waals surface area contributed by atoms with Gasteiger partial charge in [-0.1, -0.05) is 47.3 Å². The first kappa shape index (κ1) is 24.9. The van der Waals surface area contributed by atoms with E-state index in [4.69, 9.17) is 33.7 Å². The number of nitrogens with two attached hydrogens (primary N) is 1. The molecule has 0 aliphatic heterocycles. The predicted octanol–water partition coefficient (Wildman–Crippen LogP) is 7.23. The van der Waals surface area contributed by atoms with Crippen molar-refractivity contribution in [2.75, 3.05) is 16.7 Å². The number of benzene rings is 3. The molecule has 0 fully saturated rings. The molecular weight excluding hydrogens is 543 g/mol. The van der Waals surface area contributed by atoms with Gasteiger partial charge in [0.25, 0.3) is 0 Å². The van der Waals surface area contributed by atoms with E-state index in [9.17, 15) is 13.6 Å². The van der Waals surface area contributed by atoms with Crippen molar-refractivity contribution in [1.82, 2.24) is 14.8 Å². The molecule has 188 valence electrons. The lowest BCUT2D eigenvalue weighted by atomic mass is 10.1. The number of carbonyl (C=O) groups excluding carboxylic acids is 1. The minimum absolute atomic E-state index is 0.00318. The Labute approximate surface area is 223 Å². The van der Waals surface area contributed by atoms with Crippen LogP contribution in [0.2, 0.25) is 10.0 Å². The Balaban J connectivity index is 1.47. The van der Waals surface area contributed by atoms with Crippen molar-refractivity contribution in [3.8, 4) is 17.2 Å². The number of rotatable bonds is 7. The third kappa shape index (κ3) is 4.71. The Hall–Kier alpha value is -3.73. The van der Waals surface area contributed by atoms with E-state index in [1.807, 2.05) is 0 Å². The maximum atomic E-state index is 14.3. The number of ether oxygens (including phenoxy) is 1. The number of aromatic nitrogens is 3. The standard InChI is InChI=1S/C25H17Cl2F2N5O2S/c1-37-33-20-10-19-12(6-18(20)29)7-21(32-19)24(35)14-11-31-34(25(14)30)23-15(26)8-13(9-16(23)27)36-22-5-3-2-4-17(22)28/h2-11,32-33H,30H2,1H3. The number of H-pyrrole nitrogens is 1. The summed E-state index contributed by atoms with van der Waals surface area (Å²) in [7, 11) is 0. The molecule has 5 rings (SSSR count). The zero-order chi connectivity index (χ0) is 26.3. The van der Waals surface area contributed by atoms with Crippen molar-refractivity contribution in [2.24, 2.45) is 0 Å². The van der Waals surface area contributed by atoms with Gasteiger partial charge in [0.2, 0.25) is 5.78 Å². The number of nitrogens with zero attached hydrogens (tertiary/aromatic N) is 2. The quantitative estimate of drug-likeness (QED) is 0.144. The van der Waals surface area contributed by atoms with Gasteiger partial charge in [0.05, 0.1) is 33.2 Å². The molecule has 2 aromatic heterocycles. The fourth-order valence-electron chi connectivity index (χ4n) is 3.78. The van der Waals surface area contributed by atoms with Gasteiger partial charge < -0.3 is 20.2 Å². The molecule has 0 saturated heterocycles. The Bertz CT molecular complexity index is 1650. The average molecular weight is 560 g/mol. The van der Waals surface area contributed by atoms with E-state index in [0.717, 1.165) is 0 Å². The van der Waals surface area contributed by atoms with Crippen LogP contribution in [0.25, 0.3) is 16.6 Å². The Morgan fingerprint density at radius 3 is 2.54 bits per heavy atom. The number of aromatic amines is 1. The van der Waals surface area contributed by atoms with E-state index >= 15 is 0 Å². The van der Waals surface area contributed by atoms with Crippen LogP contribution in [0.4, 0.5) is 20.3 Å². The highest BCUT2D eigenvalue weighted by molar-refractivity contribution is 7.99. The van der Waals surface area contributed by atoms with Gasteiger partial charge in [-0.25, -0.2) is 13.5 Å². The van der Waals surface area contributed by atoms with Crippen molar-refractivity contribution in [3.05, 3.63) is 93.7 Å². The summed E-state index contributed by atoms with van der Waals surface area (Å²) in [5, 5.41) is 4.95. The second-order valence-corrected chi connectivity index (χ2v) is 9.29. The minimum atomic E-state index is -0.547. The predicted molar refractivity (Wildman–Crippen MR) is 143 cm³/mol. The fraction of sp³-hybridized carbons (Fsp3) is 0.0400. The summed E-state index contributed by atoms with van der Waals surface area (Å²) in [5.41, 5.74) is 7.64. The van der Waals surface area contributed by atoms with Crippen LogP contribution in [0.15, 0.2) is 60.8 Å². The van der Waals surface area contributed by atoms with Crippen LogP contribution in [-0.2, 0) is 0 Å². The van der Waals surface area contributed by atoms with Gasteiger partial charge in [-0.2, -0.15) is 5.10 Å². The molecule has 0 bridgehead atoms. The van der Waals surface area contributed by atoms with Crippen LogP contribution < -0.4 is 15.2 Å². The van der Waals surface area contributed by atoms with Gasteiger partial charge in [-0.05, 0) is 30.3 Å². The highest BCUT2D eigenvalue weighted by Gasteiger charge is 2.23. The summed E-state index contributed by atoms with van der Waals surface area (Å²) < 4.78 is 37.9. The molecule has 2 heterocycles. The number of hydrogen-bond acceptors (Lipinski definition) is 6. The van der Waals surface area contributed by atoms with Gasteiger partial charge in [0.15, 0.2) is 11.6 Å². The number of nitrogen functional groups attached to an aromatic ring is 1. The maximum Gasteiger partial charge on any atom is 0.214 e. The number of halogens is 4. The molecule has 0 unspecified atom stereocenters. The van der Waals surface area contributed by atoms with Crippen LogP contribution in [-0.4, -0.2) is 26.8 Å². The molecule has 0 radical (unpaired) electrons. The van der Waals surface area contributed by atoms with Gasteiger partial charge in [-0.3, -0.25) is 4.79 Å². The lowest BCUT2D eigenvalue weighted by Gasteiger charge is -2.13. The van der Waals surface area contributed by atoms with Crippen molar-refractivity contribution in [3.63, 3.8) is 0 Å². The molecule has 12 heteroatoms. The number of ketones is 1. The first-order valence-corrected chi connectivity index (χ1v) is 12.7. The molecule has 0 amide bonds. The summed E-state index contributed by atoms with van der Waals surface area (Å²) >= 11 is 14.2. The topological polar surface area (TPSA) is 98.0 Å². The summed E-state index contributed by atoms with van der Waals surface area (Å²) in [6.07, 6.45) is 3.07. The summed E-state index contributed by atoms with van der Waals surface area (Å²) in [6, 6.07) is 13.2. The summed E-state index contributed by atoms with van der Waals surface area (Å²) in [6.45, 7) is 0. The Morgan fingerprint density at radius 2 is 1.84 bits per heavy atom. The second kappa shape index (κ2) is 9.97. The van der Waals surface area contributed by atoms with Crippen molar-refractivity contribution < 1.29 is 18.3 Å². The molecule has 37 heavy (non-hydrogen) atoms. The third-order valence-corrected chi connectivity index (χ3v) is 6.48. The monoisotopic (exact) mass is 559 g/mol. The maximum absolute atomic E-state index is 14.3. The van der Waals surface area contributed by atoms with Gasteiger partial charge in [0.1, 0.15) is 23.1 Å². The lowest BCUT2D eigenvalue weighted by molar-refractivity contribution is 0.103. The molecule has 0 aliphatic rings.